The molecular formula is C28H38N4O7S. The zero-order valence-electron chi connectivity index (χ0n) is 22.9. The molecule has 3 atom stereocenters. The van der Waals surface area contributed by atoms with Crippen LogP contribution in [0.4, 0.5) is 5.69 Å². The lowest BCUT2D eigenvalue weighted by atomic mass is 9.84. The van der Waals surface area contributed by atoms with Gasteiger partial charge in [0.2, 0.25) is 22.7 Å². The zero-order chi connectivity index (χ0) is 28.9. The smallest absolute Gasteiger partial charge is 0.308 e. The van der Waals surface area contributed by atoms with Crippen molar-refractivity contribution in [3.05, 3.63) is 53.6 Å². The van der Waals surface area contributed by atoms with Gasteiger partial charge in [-0.25, -0.2) is 13.1 Å². The highest BCUT2D eigenvalue weighted by Gasteiger charge is 2.47. The molecule has 2 aromatic rings. The van der Waals surface area contributed by atoms with E-state index >= 15 is 0 Å². The van der Waals surface area contributed by atoms with E-state index in [1.165, 1.54) is 0 Å². The minimum absolute atomic E-state index is 0.00899. The zero-order valence-corrected chi connectivity index (χ0v) is 23.7. The molecule has 3 unspecified atom stereocenters. The van der Waals surface area contributed by atoms with Crippen molar-refractivity contribution in [1.29, 1.82) is 0 Å². The maximum atomic E-state index is 13.8. The Labute approximate surface area is 235 Å². The lowest BCUT2D eigenvalue weighted by Crippen LogP contribution is -2.45. The Balaban J connectivity index is 1.63. The Morgan fingerprint density at radius 2 is 1.95 bits per heavy atom. The summed E-state index contributed by atoms with van der Waals surface area (Å²) in [5.74, 6) is -1.30. The number of amides is 1. The van der Waals surface area contributed by atoms with Crippen LogP contribution in [-0.4, -0.2) is 75.6 Å². The molecule has 4 rings (SSSR count). The number of hydrogen-bond acceptors (Lipinski definition) is 8. The van der Waals surface area contributed by atoms with Gasteiger partial charge < -0.3 is 25.2 Å². The molecular weight excluding hydrogens is 536 g/mol. The third-order valence-electron chi connectivity index (χ3n) is 7.50. The Kier molecular flexibility index (Phi) is 9.67. The van der Waals surface area contributed by atoms with Gasteiger partial charge in [0.1, 0.15) is 0 Å². The van der Waals surface area contributed by atoms with E-state index in [0.29, 0.717) is 31.1 Å². The third-order valence-corrected chi connectivity index (χ3v) is 8.22. The van der Waals surface area contributed by atoms with Crippen molar-refractivity contribution in [2.75, 3.05) is 44.1 Å². The minimum atomic E-state index is -3.46. The summed E-state index contributed by atoms with van der Waals surface area (Å²) in [6.07, 6.45) is 3.00. The molecule has 1 amide bonds. The normalized spacial score (nSPS) is 20.5. The molecule has 0 radical (unpaired) electrons. The Hall–Kier alpha value is -3.19. The fraction of sp³-hybridized carbons (Fsp3) is 0.500. The molecule has 0 spiro atoms. The topological polar surface area (TPSA) is 152 Å². The predicted molar refractivity (Wildman–Crippen MR) is 151 cm³/mol. The van der Waals surface area contributed by atoms with E-state index in [2.05, 4.69) is 11.6 Å². The van der Waals surface area contributed by atoms with E-state index < -0.39 is 33.9 Å². The highest BCUT2D eigenvalue weighted by molar-refractivity contribution is 7.88. The van der Waals surface area contributed by atoms with Gasteiger partial charge in [-0.2, -0.15) is 0 Å². The average molecular weight is 575 g/mol. The summed E-state index contributed by atoms with van der Waals surface area (Å²) in [6.45, 7) is 3.39. The molecule has 11 nitrogen and oxygen atoms in total. The first-order chi connectivity index (χ1) is 19.1. The van der Waals surface area contributed by atoms with E-state index in [1.807, 2.05) is 35.2 Å². The Bertz CT molecular complexity index is 1320. The molecule has 2 aromatic carbocycles. The first kappa shape index (κ1) is 29.8. The number of sulfonamides is 1. The number of carbonyl (C=O) groups is 2. The summed E-state index contributed by atoms with van der Waals surface area (Å²) in [5.41, 5.74) is 8.26. The molecule has 2 heterocycles. The number of nitrogens with zero attached hydrogens (tertiary/aromatic N) is 2. The molecule has 2 aliphatic heterocycles. The van der Waals surface area contributed by atoms with Gasteiger partial charge in [-0.05, 0) is 48.2 Å². The van der Waals surface area contributed by atoms with Gasteiger partial charge in [-0.15, -0.1) is 0 Å². The number of nitrogens with two attached hydrogens (primary N) is 1. The lowest BCUT2D eigenvalue weighted by Gasteiger charge is -2.30. The van der Waals surface area contributed by atoms with Crippen LogP contribution in [0, 0.1) is 5.92 Å². The van der Waals surface area contributed by atoms with Crippen molar-refractivity contribution < 1.29 is 32.6 Å². The highest BCUT2D eigenvalue weighted by Crippen LogP contribution is 2.42. The summed E-state index contributed by atoms with van der Waals surface area (Å²) in [7, 11) is -3.46. The molecule has 218 valence electrons. The van der Waals surface area contributed by atoms with Gasteiger partial charge >= 0.3 is 5.97 Å². The molecule has 1 fully saturated rings. The number of carbonyl (C=O) groups excluding carboxylic acids is 1. The van der Waals surface area contributed by atoms with Crippen molar-refractivity contribution >= 4 is 27.6 Å². The standard InChI is InChI=1S/C28H38N4O7S/c1-3-4-12-32(21-7-5-6-19(13-21)15-29)26(33)17-31-16-22(20-8-9-24-25(14-20)39-18-38-24)27(28(34)35)23(31)10-11-30-40(2,36)37/h5-9,13-14,22-23,27,30H,3-4,10-12,15-18,29H2,1-2H3,(H,34,35). The van der Waals surface area contributed by atoms with Crippen LogP contribution in [0.3, 0.4) is 0 Å². The van der Waals surface area contributed by atoms with Gasteiger partial charge in [-0.1, -0.05) is 31.5 Å². The van der Waals surface area contributed by atoms with Gasteiger partial charge in [0, 0.05) is 43.8 Å². The summed E-state index contributed by atoms with van der Waals surface area (Å²) < 4.78 is 36.9. The Morgan fingerprint density at radius 3 is 2.65 bits per heavy atom. The van der Waals surface area contributed by atoms with Gasteiger partial charge in [0.05, 0.1) is 18.7 Å². The lowest BCUT2D eigenvalue weighted by molar-refractivity contribution is -0.143. The number of ether oxygens (including phenoxy) is 2. The quantitative estimate of drug-likeness (QED) is 0.327. The molecule has 0 bridgehead atoms. The van der Waals surface area contributed by atoms with Crippen LogP contribution in [-0.2, 0) is 26.2 Å². The van der Waals surface area contributed by atoms with E-state index in [4.69, 9.17) is 15.2 Å². The van der Waals surface area contributed by atoms with Crippen LogP contribution in [0.2, 0.25) is 0 Å². The van der Waals surface area contributed by atoms with Crippen molar-refractivity contribution in [3.8, 4) is 11.5 Å². The number of carboxylic acids is 1. The molecule has 1 saturated heterocycles. The van der Waals surface area contributed by atoms with Gasteiger partial charge in [0.15, 0.2) is 11.5 Å². The number of carboxylic acid groups (broad SMARTS) is 1. The number of rotatable bonds is 13. The summed E-state index contributed by atoms with van der Waals surface area (Å²) in [4.78, 5) is 30.1. The average Bonchev–Trinajstić information content (AvgIpc) is 3.52. The number of unbranched alkanes of at least 4 members (excludes halogenated alkanes) is 1. The number of nitrogens with one attached hydrogen (secondary N) is 1. The number of likely N-dealkylation sites (tertiary alicyclic amines) is 1. The first-order valence-electron chi connectivity index (χ1n) is 13.5. The van der Waals surface area contributed by atoms with E-state index in [0.717, 1.165) is 35.9 Å². The van der Waals surface area contributed by atoms with Crippen molar-refractivity contribution in [3.63, 3.8) is 0 Å². The maximum Gasteiger partial charge on any atom is 0.308 e. The monoisotopic (exact) mass is 574 g/mol. The maximum absolute atomic E-state index is 13.8. The van der Waals surface area contributed by atoms with Crippen molar-refractivity contribution in [1.82, 2.24) is 9.62 Å². The SMILES string of the molecule is CCCCN(C(=O)CN1CC(c2ccc3c(c2)OCO3)C(C(=O)O)C1CCNS(C)(=O)=O)c1cccc(CN)c1. The molecule has 0 aromatic heterocycles. The predicted octanol–water partition coefficient (Wildman–Crippen LogP) is 2.12. The number of aliphatic carboxylic acids is 1. The second-order valence-electron chi connectivity index (χ2n) is 10.3. The fourth-order valence-corrected chi connectivity index (χ4v) is 6.04. The minimum Gasteiger partial charge on any atom is -0.481 e. The van der Waals surface area contributed by atoms with Gasteiger partial charge in [0.25, 0.3) is 0 Å². The summed E-state index contributed by atoms with van der Waals surface area (Å²) in [5, 5.41) is 10.4. The number of hydrogen-bond donors (Lipinski definition) is 3. The van der Waals surface area contributed by atoms with Crippen LogP contribution in [0.1, 0.15) is 43.2 Å². The summed E-state index contributed by atoms with van der Waals surface area (Å²) in [6, 6.07) is 12.4. The second-order valence-corrected chi connectivity index (χ2v) is 12.1. The van der Waals surface area contributed by atoms with Crippen LogP contribution in [0.5, 0.6) is 11.5 Å². The van der Waals surface area contributed by atoms with Crippen molar-refractivity contribution in [2.24, 2.45) is 11.7 Å². The molecule has 2 aliphatic rings. The van der Waals surface area contributed by atoms with E-state index in [1.54, 1.807) is 17.0 Å². The fourth-order valence-electron chi connectivity index (χ4n) is 5.55. The Morgan fingerprint density at radius 1 is 1.18 bits per heavy atom. The third kappa shape index (κ3) is 7.11. The van der Waals surface area contributed by atoms with E-state index in [9.17, 15) is 23.1 Å². The molecule has 12 heteroatoms. The number of fused-ring (bicyclic) bond motifs is 1. The second kappa shape index (κ2) is 13.0. The molecule has 0 aliphatic carbocycles. The molecule has 0 saturated carbocycles. The highest BCUT2D eigenvalue weighted by atomic mass is 32.2. The van der Waals surface area contributed by atoms with Crippen molar-refractivity contribution in [2.45, 2.75) is 44.7 Å². The van der Waals surface area contributed by atoms with E-state index in [-0.39, 0.29) is 32.2 Å². The van der Waals surface area contributed by atoms with Crippen LogP contribution >= 0.6 is 0 Å². The van der Waals surface area contributed by atoms with Crippen LogP contribution in [0.25, 0.3) is 0 Å². The number of benzene rings is 2. The molecule has 4 N–H and O–H groups in total. The number of anilines is 1. The van der Waals surface area contributed by atoms with Crippen LogP contribution < -0.4 is 24.8 Å². The largest absolute Gasteiger partial charge is 0.481 e. The summed E-state index contributed by atoms with van der Waals surface area (Å²) >= 11 is 0. The molecule has 40 heavy (non-hydrogen) atoms. The van der Waals surface area contributed by atoms with Crippen LogP contribution in [0.15, 0.2) is 42.5 Å². The first-order valence-corrected chi connectivity index (χ1v) is 15.4. The van der Waals surface area contributed by atoms with Gasteiger partial charge in [-0.3, -0.25) is 14.5 Å².